The number of rotatable bonds is 9. The van der Waals surface area contributed by atoms with Gasteiger partial charge in [0.2, 0.25) is 11.8 Å². The van der Waals surface area contributed by atoms with Crippen LogP contribution in [0.2, 0.25) is 10.0 Å². The van der Waals surface area contributed by atoms with Crippen LogP contribution in [0.3, 0.4) is 0 Å². The van der Waals surface area contributed by atoms with E-state index in [1.54, 1.807) is 29.2 Å². The molecule has 1 heterocycles. The van der Waals surface area contributed by atoms with Gasteiger partial charge in [0, 0.05) is 16.6 Å². The zero-order valence-corrected chi connectivity index (χ0v) is 19.7. The normalized spacial score (nSPS) is 19.2. The van der Waals surface area contributed by atoms with E-state index in [0.29, 0.717) is 22.9 Å². The predicted molar refractivity (Wildman–Crippen MR) is 125 cm³/mol. The van der Waals surface area contributed by atoms with Gasteiger partial charge in [0.15, 0.2) is 0 Å². The first-order valence-corrected chi connectivity index (χ1v) is 11.5. The van der Waals surface area contributed by atoms with Gasteiger partial charge in [0.1, 0.15) is 18.8 Å². The number of morpholine rings is 1. The molecule has 2 aromatic rings. The Labute approximate surface area is 202 Å². The van der Waals surface area contributed by atoms with Crippen LogP contribution in [0.4, 0.5) is 0 Å². The molecule has 0 saturated carbocycles. The van der Waals surface area contributed by atoms with Crippen molar-refractivity contribution in [2.24, 2.45) is 0 Å². The minimum absolute atomic E-state index is 0.0147. The van der Waals surface area contributed by atoms with E-state index in [9.17, 15) is 14.4 Å². The van der Waals surface area contributed by atoms with Crippen LogP contribution in [-0.4, -0.2) is 47.0 Å². The first kappa shape index (κ1) is 25.0. The number of aliphatic carboxylic acids is 1. The molecule has 2 amide bonds. The van der Waals surface area contributed by atoms with Crippen LogP contribution in [0.5, 0.6) is 0 Å². The van der Waals surface area contributed by atoms with Gasteiger partial charge in [0.25, 0.3) is 0 Å². The maximum atomic E-state index is 13.2. The van der Waals surface area contributed by atoms with Gasteiger partial charge < -0.3 is 20.1 Å². The van der Waals surface area contributed by atoms with Crippen molar-refractivity contribution in [3.05, 3.63) is 69.7 Å². The number of amides is 2. The molecule has 7 nitrogen and oxygen atoms in total. The molecule has 2 N–H and O–H groups in total. The van der Waals surface area contributed by atoms with Crippen molar-refractivity contribution in [1.82, 2.24) is 10.2 Å². The lowest BCUT2D eigenvalue weighted by Crippen LogP contribution is -2.56. The fraction of sp³-hybridized carbons (Fsp3) is 0.375. The van der Waals surface area contributed by atoms with Crippen LogP contribution in [0.25, 0.3) is 0 Å². The molecule has 3 atom stereocenters. The second kappa shape index (κ2) is 11.5. The Balaban J connectivity index is 2.02. The van der Waals surface area contributed by atoms with Crippen LogP contribution in [-0.2, 0) is 19.1 Å². The standard InChI is InChI=1S/C24H26Cl2N2O5/c1-2-3-19(24(32)27-13-12-21(30)31)28-20(29)14-33-23(16-6-10-18(26)11-7-16)22(28)15-4-8-17(25)9-5-15/h4-11,19,22-23H,2-3,12-14H2,1H3,(H,27,32)(H,30,31)/t19-,22-,23-/m1/s1. The third kappa shape index (κ3) is 6.25. The van der Waals surface area contributed by atoms with Crippen LogP contribution in [0.1, 0.15) is 49.5 Å². The number of ether oxygens (including phenoxy) is 1. The SMILES string of the molecule is CCC[C@H](C(=O)NCCC(=O)O)N1C(=O)CO[C@H](c2ccc(Cl)cc2)[C@H]1c1ccc(Cl)cc1. The van der Waals surface area contributed by atoms with E-state index in [2.05, 4.69) is 5.32 Å². The Morgan fingerprint density at radius 3 is 2.21 bits per heavy atom. The number of hydrogen-bond acceptors (Lipinski definition) is 4. The highest BCUT2D eigenvalue weighted by atomic mass is 35.5. The van der Waals surface area contributed by atoms with Gasteiger partial charge in [-0.3, -0.25) is 14.4 Å². The smallest absolute Gasteiger partial charge is 0.305 e. The second-order valence-electron chi connectivity index (χ2n) is 7.82. The lowest BCUT2D eigenvalue weighted by Gasteiger charge is -2.45. The number of halogens is 2. The van der Waals surface area contributed by atoms with Crippen LogP contribution >= 0.6 is 23.2 Å². The second-order valence-corrected chi connectivity index (χ2v) is 8.69. The van der Waals surface area contributed by atoms with Crippen molar-refractivity contribution < 1.29 is 24.2 Å². The zero-order valence-electron chi connectivity index (χ0n) is 18.2. The largest absolute Gasteiger partial charge is 0.481 e. The van der Waals surface area contributed by atoms with Crippen molar-refractivity contribution >= 4 is 41.0 Å². The van der Waals surface area contributed by atoms with Gasteiger partial charge in [-0.25, -0.2) is 0 Å². The number of nitrogens with one attached hydrogen (secondary N) is 1. The molecule has 0 unspecified atom stereocenters. The number of carbonyl (C=O) groups is 3. The summed E-state index contributed by atoms with van der Waals surface area (Å²) in [4.78, 5) is 38.7. The highest BCUT2D eigenvalue weighted by Gasteiger charge is 2.44. The first-order chi connectivity index (χ1) is 15.8. The molecular formula is C24H26Cl2N2O5. The number of carboxylic acids is 1. The molecule has 0 spiro atoms. The first-order valence-electron chi connectivity index (χ1n) is 10.7. The van der Waals surface area contributed by atoms with Gasteiger partial charge in [-0.05, 0) is 41.8 Å². The minimum atomic E-state index is -1.01. The van der Waals surface area contributed by atoms with Crippen LogP contribution in [0.15, 0.2) is 48.5 Å². The zero-order chi connectivity index (χ0) is 24.0. The summed E-state index contributed by atoms with van der Waals surface area (Å²) in [6.45, 7) is 1.73. The van der Waals surface area contributed by atoms with Crippen LogP contribution < -0.4 is 5.32 Å². The summed E-state index contributed by atoms with van der Waals surface area (Å²) in [6, 6.07) is 12.9. The Bertz CT molecular complexity index is 981. The number of carbonyl (C=O) groups excluding carboxylic acids is 2. The highest BCUT2D eigenvalue weighted by molar-refractivity contribution is 6.30. The molecule has 0 aliphatic carbocycles. The van der Waals surface area contributed by atoms with E-state index in [1.165, 1.54) is 0 Å². The minimum Gasteiger partial charge on any atom is -0.481 e. The van der Waals surface area contributed by atoms with Crippen molar-refractivity contribution in [1.29, 1.82) is 0 Å². The van der Waals surface area contributed by atoms with Crippen molar-refractivity contribution in [2.45, 2.75) is 44.4 Å². The molecule has 9 heteroatoms. The lowest BCUT2D eigenvalue weighted by molar-refractivity contribution is -0.167. The molecular weight excluding hydrogens is 467 g/mol. The fourth-order valence-corrected chi connectivity index (χ4v) is 4.25. The summed E-state index contributed by atoms with van der Waals surface area (Å²) in [5.74, 6) is -1.71. The number of carboxylic acid groups (broad SMARTS) is 1. The summed E-state index contributed by atoms with van der Waals surface area (Å²) >= 11 is 12.2. The molecule has 0 radical (unpaired) electrons. The van der Waals surface area contributed by atoms with Crippen molar-refractivity contribution in [3.8, 4) is 0 Å². The summed E-state index contributed by atoms with van der Waals surface area (Å²) in [5, 5.41) is 12.7. The third-order valence-electron chi connectivity index (χ3n) is 5.51. The third-order valence-corrected chi connectivity index (χ3v) is 6.01. The highest BCUT2D eigenvalue weighted by Crippen LogP contribution is 2.42. The Hall–Kier alpha value is -2.61. The molecule has 1 aliphatic heterocycles. The maximum Gasteiger partial charge on any atom is 0.305 e. The summed E-state index contributed by atoms with van der Waals surface area (Å²) in [7, 11) is 0. The van der Waals surface area contributed by atoms with Gasteiger partial charge in [-0.1, -0.05) is 60.8 Å². The van der Waals surface area contributed by atoms with Crippen LogP contribution in [0, 0.1) is 0 Å². The average molecular weight is 493 g/mol. The topological polar surface area (TPSA) is 95.9 Å². The van der Waals surface area contributed by atoms with E-state index in [1.807, 2.05) is 31.2 Å². The molecule has 1 aliphatic rings. The van der Waals surface area contributed by atoms with Crippen molar-refractivity contribution in [3.63, 3.8) is 0 Å². The Morgan fingerprint density at radius 2 is 1.67 bits per heavy atom. The molecule has 3 rings (SSSR count). The van der Waals surface area contributed by atoms with Gasteiger partial charge in [-0.2, -0.15) is 0 Å². The molecule has 1 saturated heterocycles. The molecule has 0 aromatic heterocycles. The van der Waals surface area contributed by atoms with E-state index in [4.69, 9.17) is 33.0 Å². The van der Waals surface area contributed by atoms with Gasteiger partial charge in [0.05, 0.1) is 12.5 Å². The molecule has 176 valence electrons. The number of benzene rings is 2. The Kier molecular flexibility index (Phi) is 8.72. The molecule has 1 fully saturated rings. The summed E-state index contributed by atoms with van der Waals surface area (Å²) in [6.07, 6.45) is 0.338. The summed E-state index contributed by atoms with van der Waals surface area (Å²) < 4.78 is 5.99. The fourth-order valence-electron chi connectivity index (χ4n) is 4.00. The molecule has 2 aromatic carbocycles. The lowest BCUT2D eigenvalue weighted by atomic mass is 9.90. The maximum absolute atomic E-state index is 13.2. The van der Waals surface area contributed by atoms with E-state index >= 15 is 0 Å². The van der Waals surface area contributed by atoms with Crippen molar-refractivity contribution in [2.75, 3.05) is 13.2 Å². The Morgan fingerprint density at radius 1 is 1.09 bits per heavy atom. The average Bonchev–Trinajstić information content (AvgIpc) is 2.78. The van der Waals surface area contributed by atoms with Gasteiger partial charge in [-0.15, -0.1) is 0 Å². The number of nitrogens with zero attached hydrogens (tertiary/aromatic N) is 1. The quantitative estimate of drug-likeness (QED) is 0.540. The number of hydrogen-bond donors (Lipinski definition) is 2. The summed E-state index contributed by atoms with van der Waals surface area (Å²) in [5.41, 5.74) is 1.59. The van der Waals surface area contributed by atoms with Gasteiger partial charge >= 0.3 is 5.97 Å². The molecule has 0 bridgehead atoms. The predicted octanol–water partition coefficient (Wildman–Crippen LogP) is 4.39. The van der Waals surface area contributed by atoms with E-state index in [0.717, 1.165) is 11.1 Å². The van der Waals surface area contributed by atoms with E-state index in [-0.39, 0.29) is 31.4 Å². The molecule has 33 heavy (non-hydrogen) atoms. The van der Waals surface area contributed by atoms with E-state index < -0.39 is 24.2 Å². The monoisotopic (exact) mass is 492 g/mol.